The zero-order chi connectivity index (χ0) is 9.52. The molecule has 0 heterocycles. The molecule has 78 valence electrons. The number of nitrogens with one attached hydrogen (secondary N) is 1. The lowest BCUT2D eigenvalue weighted by molar-refractivity contribution is 0.264. The van der Waals surface area contributed by atoms with Gasteiger partial charge < -0.3 is 11.1 Å². The summed E-state index contributed by atoms with van der Waals surface area (Å²) in [6.07, 6.45) is 6.76. The van der Waals surface area contributed by atoms with Crippen molar-refractivity contribution in [3.63, 3.8) is 0 Å². The van der Waals surface area contributed by atoms with E-state index in [0.29, 0.717) is 0 Å². The van der Waals surface area contributed by atoms with Crippen molar-refractivity contribution >= 4 is 0 Å². The maximum Gasteiger partial charge on any atom is -0.00204 e. The summed E-state index contributed by atoms with van der Waals surface area (Å²) in [7, 11) is 0. The Kier molecular flexibility index (Phi) is 5.40. The lowest BCUT2D eigenvalue weighted by atomic mass is 9.81. The molecule has 0 spiro atoms. The highest BCUT2D eigenvalue weighted by atomic mass is 14.9. The van der Waals surface area contributed by atoms with E-state index >= 15 is 0 Å². The van der Waals surface area contributed by atoms with Gasteiger partial charge in [0.05, 0.1) is 0 Å². The normalized spacial score (nSPS) is 29.1. The summed E-state index contributed by atoms with van der Waals surface area (Å²) in [6, 6.07) is 0. The van der Waals surface area contributed by atoms with Crippen molar-refractivity contribution in [2.45, 2.75) is 39.0 Å². The third-order valence-corrected chi connectivity index (χ3v) is 3.08. The van der Waals surface area contributed by atoms with Crippen LogP contribution in [0.3, 0.4) is 0 Å². The number of hydrogen-bond acceptors (Lipinski definition) is 2. The van der Waals surface area contributed by atoms with Crippen LogP contribution in [-0.4, -0.2) is 19.6 Å². The van der Waals surface area contributed by atoms with E-state index in [1.807, 2.05) is 0 Å². The van der Waals surface area contributed by atoms with Crippen molar-refractivity contribution < 1.29 is 0 Å². The van der Waals surface area contributed by atoms with E-state index < -0.39 is 0 Å². The van der Waals surface area contributed by atoms with Crippen molar-refractivity contribution in [3.8, 4) is 0 Å². The van der Waals surface area contributed by atoms with E-state index in [1.165, 1.54) is 45.2 Å². The number of nitrogens with two attached hydrogens (primary N) is 1. The molecular weight excluding hydrogens is 160 g/mol. The summed E-state index contributed by atoms with van der Waals surface area (Å²) in [5.41, 5.74) is 5.70. The second kappa shape index (κ2) is 6.39. The quantitative estimate of drug-likeness (QED) is 0.639. The summed E-state index contributed by atoms with van der Waals surface area (Å²) < 4.78 is 0. The molecular formula is C11H24N2. The first-order chi connectivity index (χ1) is 6.36. The third kappa shape index (κ3) is 4.10. The molecule has 0 aliphatic heterocycles. The van der Waals surface area contributed by atoms with Crippen LogP contribution in [-0.2, 0) is 0 Å². The summed E-state index contributed by atoms with van der Waals surface area (Å²) in [5, 5.41) is 3.51. The van der Waals surface area contributed by atoms with Gasteiger partial charge in [-0.15, -0.1) is 0 Å². The Labute approximate surface area is 82.3 Å². The molecule has 13 heavy (non-hydrogen) atoms. The summed E-state index contributed by atoms with van der Waals surface area (Å²) >= 11 is 0. The maximum atomic E-state index is 5.70. The third-order valence-electron chi connectivity index (χ3n) is 3.08. The molecule has 2 nitrogen and oxygen atoms in total. The maximum absolute atomic E-state index is 5.70. The van der Waals surface area contributed by atoms with Gasteiger partial charge in [-0.1, -0.05) is 13.3 Å². The van der Waals surface area contributed by atoms with Gasteiger partial charge >= 0.3 is 0 Å². The molecule has 0 aromatic carbocycles. The average Bonchev–Trinajstić information content (AvgIpc) is 2.19. The fourth-order valence-electron chi connectivity index (χ4n) is 2.28. The van der Waals surface area contributed by atoms with Crippen molar-refractivity contribution in [1.29, 1.82) is 0 Å². The SMILES string of the molecule is CCCNC[C@@H]1CCC[C@H](CN)C1. The van der Waals surface area contributed by atoms with Gasteiger partial charge in [-0.25, -0.2) is 0 Å². The van der Waals surface area contributed by atoms with Gasteiger partial charge in [0.15, 0.2) is 0 Å². The zero-order valence-corrected chi connectivity index (χ0v) is 8.89. The average molecular weight is 184 g/mol. The molecule has 2 heteroatoms. The minimum atomic E-state index is 0.808. The second-order valence-electron chi connectivity index (χ2n) is 4.34. The van der Waals surface area contributed by atoms with Crippen LogP contribution in [0.25, 0.3) is 0 Å². The largest absolute Gasteiger partial charge is 0.330 e. The zero-order valence-electron chi connectivity index (χ0n) is 8.89. The van der Waals surface area contributed by atoms with Crippen molar-refractivity contribution in [2.75, 3.05) is 19.6 Å². The fourth-order valence-corrected chi connectivity index (χ4v) is 2.28. The first-order valence-corrected chi connectivity index (χ1v) is 5.77. The van der Waals surface area contributed by atoms with E-state index in [0.717, 1.165) is 18.4 Å². The molecule has 0 aromatic rings. The number of rotatable bonds is 5. The number of hydrogen-bond donors (Lipinski definition) is 2. The Morgan fingerprint density at radius 3 is 2.77 bits per heavy atom. The van der Waals surface area contributed by atoms with E-state index in [-0.39, 0.29) is 0 Å². The Bertz CT molecular complexity index is 125. The highest BCUT2D eigenvalue weighted by molar-refractivity contribution is 4.74. The molecule has 1 aliphatic rings. The molecule has 2 atom stereocenters. The standard InChI is InChI=1S/C11H24N2/c1-2-6-13-9-11-5-3-4-10(7-11)8-12/h10-11,13H,2-9,12H2,1H3/t10-,11+/m0/s1. The van der Waals surface area contributed by atoms with Crippen LogP contribution in [0.5, 0.6) is 0 Å². The predicted octanol–water partition coefficient (Wildman–Crippen LogP) is 1.75. The van der Waals surface area contributed by atoms with Crippen LogP contribution in [0.1, 0.15) is 39.0 Å². The molecule has 0 amide bonds. The van der Waals surface area contributed by atoms with Crippen LogP contribution in [0, 0.1) is 11.8 Å². The molecule has 0 saturated heterocycles. The Morgan fingerprint density at radius 1 is 1.31 bits per heavy atom. The minimum Gasteiger partial charge on any atom is -0.330 e. The molecule has 1 aliphatic carbocycles. The van der Waals surface area contributed by atoms with E-state index in [4.69, 9.17) is 5.73 Å². The van der Waals surface area contributed by atoms with Crippen LogP contribution in [0.15, 0.2) is 0 Å². The Balaban J connectivity index is 2.11. The molecule has 0 unspecified atom stereocenters. The Hall–Kier alpha value is -0.0800. The molecule has 1 rings (SSSR count). The Morgan fingerprint density at radius 2 is 2.08 bits per heavy atom. The molecule has 0 bridgehead atoms. The van der Waals surface area contributed by atoms with E-state index in [9.17, 15) is 0 Å². The highest BCUT2D eigenvalue weighted by Crippen LogP contribution is 2.27. The van der Waals surface area contributed by atoms with Gasteiger partial charge in [0.1, 0.15) is 0 Å². The second-order valence-corrected chi connectivity index (χ2v) is 4.34. The lowest BCUT2D eigenvalue weighted by Gasteiger charge is -2.28. The van der Waals surface area contributed by atoms with Crippen LogP contribution >= 0.6 is 0 Å². The van der Waals surface area contributed by atoms with Gasteiger partial charge in [-0.2, -0.15) is 0 Å². The van der Waals surface area contributed by atoms with Crippen LogP contribution in [0.4, 0.5) is 0 Å². The lowest BCUT2D eigenvalue weighted by Crippen LogP contribution is -2.30. The summed E-state index contributed by atoms with van der Waals surface area (Å²) in [4.78, 5) is 0. The molecule has 0 aromatic heterocycles. The van der Waals surface area contributed by atoms with Crippen LogP contribution < -0.4 is 11.1 Å². The van der Waals surface area contributed by atoms with E-state index in [1.54, 1.807) is 0 Å². The smallest absolute Gasteiger partial charge is 0.00204 e. The monoisotopic (exact) mass is 184 g/mol. The van der Waals surface area contributed by atoms with Crippen molar-refractivity contribution in [3.05, 3.63) is 0 Å². The molecule has 0 radical (unpaired) electrons. The van der Waals surface area contributed by atoms with E-state index in [2.05, 4.69) is 12.2 Å². The summed E-state index contributed by atoms with van der Waals surface area (Å²) in [5.74, 6) is 1.70. The van der Waals surface area contributed by atoms with Gasteiger partial charge in [-0.05, 0) is 57.2 Å². The molecule has 3 N–H and O–H groups in total. The van der Waals surface area contributed by atoms with Gasteiger partial charge in [0.25, 0.3) is 0 Å². The van der Waals surface area contributed by atoms with Crippen molar-refractivity contribution in [1.82, 2.24) is 5.32 Å². The van der Waals surface area contributed by atoms with Crippen molar-refractivity contribution in [2.24, 2.45) is 17.6 Å². The first kappa shape index (κ1) is 11.0. The minimum absolute atomic E-state index is 0.808. The van der Waals surface area contributed by atoms with Gasteiger partial charge in [-0.3, -0.25) is 0 Å². The first-order valence-electron chi connectivity index (χ1n) is 5.77. The predicted molar refractivity (Wildman–Crippen MR) is 57.7 cm³/mol. The molecule has 1 fully saturated rings. The summed E-state index contributed by atoms with van der Waals surface area (Å²) in [6.45, 7) is 5.50. The van der Waals surface area contributed by atoms with Gasteiger partial charge in [0, 0.05) is 0 Å². The topological polar surface area (TPSA) is 38.0 Å². The highest BCUT2D eigenvalue weighted by Gasteiger charge is 2.20. The molecule has 1 saturated carbocycles. The van der Waals surface area contributed by atoms with Gasteiger partial charge in [0.2, 0.25) is 0 Å². The van der Waals surface area contributed by atoms with Crippen LogP contribution in [0.2, 0.25) is 0 Å². The fraction of sp³-hybridized carbons (Fsp3) is 1.00.